The van der Waals surface area contributed by atoms with Crippen LogP contribution in [-0.4, -0.2) is 47.7 Å². The Morgan fingerprint density at radius 2 is 2.05 bits per heavy atom. The fourth-order valence-electron chi connectivity index (χ4n) is 2.39. The minimum Gasteiger partial charge on any atom is -0.480 e. The van der Waals surface area contributed by atoms with Gasteiger partial charge in [0, 0.05) is 25.8 Å². The van der Waals surface area contributed by atoms with Crippen molar-refractivity contribution in [1.82, 2.24) is 4.90 Å². The van der Waals surface area contributed by atoms with Crippen molar-refractivity contribution in [3.8, 4) is 0 Å². The van der Waals surface area contributed by atoms with E-state index in [1.54, 1.807) is 24.3 Å². The number of nitrogens with two attached hydrogens (primary N) is 1. The van der Waals surface area contributed by atoms with E-state index >= 15 is 0 Å². The highest BCUT2D eigenvalue weighted by molar-refractivity contribution is 5.85. The first-order chi connectivity index (χ1) is 9.51. The van der Waals surface area contributed by atoms with Crippen LogP contribution < -0.4 is 5.73 Å². The summed E-state index contributed by atoms with van der Waals surface area (Å²) in [6, 6.07) is 6.18. The number of likely N-dealkylation sites (tertiary alicyclic amines) is 1. The number of aliphatic carboxylic acids is 1. The van der Waals surface area contributed by atoms with E-state index in [2.05, 4.69) is 0 Å². The van der Waals surface area contributed by atoms with Gasteiger partial charge in [0.25, 0.3) is 0 Å². The Kier molecular flexibility index (Phi) is 4.24. The molecule has 0 aliphatic carbocycles. The number of amides is 1. The maximum atomic E-state index is 12.3. The van der Waals surface area contributed by atoms with Crippen molar-refractivity contribution >= 4 is 17.6 Å². The molecule has 1 saturated heterocycles. The summed E-state index contributed by atoms with van der Waals surface area (Å²) in [5.74, 6) is -1.20. The summed E-state index contributed by atoms with van der Waals surface area (Å²) in [5, 5.41) is 9.18. The monoisotopic (exact) mass is 278 g/mol. The van der Waals surface area contributed by atoms with E-state index in [4.69, 9.17) is 10.5 Å². The number of ether oxygens (including phenoxy) is 1. The van der Waals surface area contributed by atoms with Gasteiger partial charge >= 0.3 is 5.97 Å². The third-order valence-electron chi connectivity index (χ3n) is 3.54. The molecule has 20 heavy (non-hydrogen) atoms. The van der Waals surface area contributed by atoms with E-state index in [0.717, 1.165) is 5.56 Å². The van der Waals surface area contributed by atoms with Gasteiger partial charge in [0.05, 0.1) is 12.5 Å². The lowest BCUT2D eigenvalue weighted by Gasteiger charge is -2.21. The molecule has 6 nitrogen and oxygen atoms in total. The first-order valence-corrected chi connectivity index (χ1v) is 6.40. The molecule has 2 atom stereocenters. The molecule has 3 N–H and O–H groups in total. The number of nitrogens with zero attached hydrogens (tertiary/aromatic N) is 1. The number of methoxy groups -OCH3 is 1. The number of anilines is 1. The lowest BCUT2D eigenvalue weighted by Crippen LogP contribution is -2.41. The van der Waals surface area contributed by atoms with Crippen molar-refractivity contribution in [2.24, 2.45) is 0 Å². The first kappa shape index (κ1) is 14.3. The number of rotatable bonds is 4. The fourth-order valence-corrected chi connectivity index (χ4v) is 2.39. The normalized spacial score (nSPS) is 21.9. The number of carboxylic acids is 1. The topological polar surface area (TPSA) is 92.9 Å². The van der Waals surface area contributed by atoms with E-state index < -0.39 is 12.0 Å². The molecule has 1 aromatic rings. The minimum atomic E-state index is -0.991. The van der Waals surface area contributed by atoms with Crippen molar-refractivity contribution in [3.05, 3.63) is 29.8 Å². The molecule has 0 bridgehead atoms. The van der Waals surface area contributed by atoms with Gasteiger partial charge in [0.15, 0.2) is 0 Å². The van der Waals surface area contributed by atoms with Crippen molar-refractivity contribution in [2.45, 2.75) is 25.0 Å². The summed E-state index contributed by atoms with van der Waals surface area (Å²) < 4.78 is 5.16. The fraction of sp³-hybridized carbons (Fsp3) is 0.429. The molecule has 1 aromatic carbocycles. The Morgan fingerprint density at radius 1 is 1.40 bits per heavy atom. The average molecular weight is 278 g/mol. The molecule has 108 valence electrons. The maximum Gasteiger partial charge on any atom is 0.326 e. The zero-order valence-electron chi connectivity index (χ0n) is 11.3. The van der Waals surface area contributed by atoms with Gasteiger partial charge in [0.2, 0.25) is 5.91 Å². The molecular formula is C14H18N2O4. The van der Waals surface area contributed by atoms with Crippen LogP contribution in [0.4, 0.5) is 5.69 Å². The van der Waals surface area contributed by atoms with Gasteiger partial charge in [-0.1, -0.05) is 12.1 Å². The van der Waals surface area contributed by atoms with E-state index in [1.807, 2.05) is 0 Å². The second-order valence-electron chi connectivity index (χ2n) is 4.91. The van der Waals surface area contributed by atoms with Crippen LogP contribution in [0, 0.1) is 0 Å². The smallest absolute Gasteiger partial charge is 0.326 e. The number of carbonyl (C=O) groups excluding carboxylic acids is 1. The maximum absolute atomic E-state index is 12.3. The number of benzene rings is 1. The molecule has 0 aromatic heterocycles. The Labute approximate surface area is 117 Å². The minimum absolute atomic E-state index is 0.167. The van der Waals surface area contributed by atoms with Gasteiger partial charge in [-0.2, -0.15) is 0 Å². The Balaban J connectivity index is 2.07. The SMILES string of the molecule is COC1CC(C(=O)O)N(C(=O)Cc2ccc(N)cc2)C1. The van der Waals surface area contributed by atoms with Gasteiger partial charge in [-0.25, -0.2) is 4.79 Å². The molecule has 0 saturated carbocycles. The van der Waals surface area contributed by atoms with Crippen LogP contribution in [0.25, 0.3) is 0 Å². The summed E-state index contributed by atoms with van der Waals surface area (Å²) in [7, 11) is 1.53. The third kappa shape index (κ3) is 3.08. The van der Waals surface area contributed by atoms with Crippen molar-refractivity contribution in [3.63, 3.8) is 0 Å². The van der Waals surface area contributed by atoms with E-state index in [1.165, 1.54) is 12.0 Å². The van der Waals surface area contributed by atoms with Gasteiger partial charge in [-0.3, -0.25) is 4.79 Å². The summed E-state index contributed by atoms with van der Waals surface area (Å²) >= 11 is 0. The molecule has 0 spiro atoms. The van der Waals surface area contributed by atoms with Crippen LogP contribution in [0.3, 0.4) is 0 Å². The second kappa shape index (κ2) is 5.92. The molecule has 2 unspecified atom stereocenters. The van der Waals surface area contributed by atoms with Crippen LogP contribution in [-0.2, 0) is 20.7 Å². The average Bonchev–Trinajstić information content (AvgIpc) is 2.86. The predicted octanol–water partition coefficient (Wildman–Crippen LogP) is 0.512. The summed E-state index contributed by atoms with van der Waals surface area (Å²) in [6.07, 6.45) is 0.284. The summed E-state index contributed by atoms with van der Waals surface area (Å²) in [5.41, 5.74) is 7.03. The number of hydrogen-bond acceptors (Lipinski definition) is 4. The highest BCUT2D eigenvalue weighted by atomic mass is 16.5. The van der Waals surface area contributed by atoms with Crippen LogP contribution in [0.2, 0.25) is 0 Å². The van der Waals surface area contributed by atoms with E-state index in [-0.39, 0.29) is 18.4 Å². The Hall–Kier alpha value is -2.08. The van der Waals surface area contributed by atoms with Crippen LogP contribution >= 0.6 is 0 Å². The highest BCUT2D eigenvalue weighted by Crippen LogP contribution is 2.21. The zero-order chi connectivity index (χ0) is 14.7. The predicted molar refractivity (Wildman–Crippen MR) is 73.1 cm³/mol. The quantitative estimate of drug-likeness (QED) is 0.783. The Morgan fingerprint density at radius 3 is 2.60 bits per heavy atom. The van der Waals surface area contributed by atoms with E-state index in [9.17, 15) is 14.7 Å². The molecule has 1 amide bonds. The molecule has 1 aliphatic heterocycles. The van der Waals surface area contributed by atoms with Crippen LogP contribution in [0.5, 0.6) is 0 Å². The largest absolute Gasteiger partial charge is 0.480 e. The molecule has 1 heterocycles. The molecule has 1 fully saturated rings. The Bertz CT molecular complexity index is 500. The lowest BCUT2D eigenvalue weighted by atomic mass is 10.1. The zero-order valence-corrected chi connectivity index (χ0v) is 11.3. The van der Waals surface area contributed by atoms with Crippen molar-refractivity contribution in [2.75, 3.05) is 19.4 Å². The molecule has 0 radical (unpaired) electrons. The summed E-state index contributed by atoms with van der Waals surface area (Å²) in [6.45, 7) is 0.321. The van der Waals surface area contributed by atoms with Gasteiger partial charge < -0.3 is 20.5 Å². The summed E-state index contributed by atoms with van der Waals surface area (Å²) in [4.78, 5) is 24.8. The van der Waals surface area contributed by atoms with Gasteiger partial charge in [0.1, 0.15) is 6.04 Å². The van der Waals surface area contributed by atoms with Crippen LogP contribution in [0.15, 0.2) is 24.3 Å². The number of hydrogen-bond donors (Lipinski definition) is 2. The molecular weight excluding hydrogens is 260 g/mol. The van der Waals surface area contributed by atoms with E-state index in [0.29, 0.717) is 18.7 Å². The highest BCUT2D eigenvalue weighted by Gasteiger charge is 2.39. The van der Waals surface area contributed by atoms with Gasteiger partial charge in [-0.15, -0.1) is 0 Å². The number of carboxylic acid groups (broad SMARTS) is 1. The number of nitrogen functional groups attached to an aromatic ring is 1. The van der Waals surface area contributed by atoms with Crippen molar-refractivity contribution in [1.29, 1.82) is 0 Å². The number of carbonyl (C=O) groups is 2. The second-order valence-corrected chi connectivity index (χ2v) is 4.91. The molecule has 1 aliphatic rings. The van der Waals surface area contributed by atoms with Crippen LogP contribution in [0.1, 0.15) is 12.0 Å². The molecule has 6 heteroatoms. The standard InChI is InChI=1S/C14H18N2O4/c1-20-11-7-12(14(18)19)16(8-11)13(17)6-9-2-4-10(15)5-3-9/h2-5,11-12H,6-8,15H2,1H3,(H,18,19). The first-order valence-electron chi connectivity index (χ1n) is 6.40. The van der Waals surface area contributed by atoms with Gasteiger partial charge in [-0.05, 0) is 17.7 Å². The van der Waals surface area contributed by atoms with Crippen molar-refractivity contribution < 1.29 is 19.4 Å². The molecule has 2 rings (SSSR count). The lowest BCUT2D eigenvalue weighted by molar-refractivity contribution is -0.148. The third-order valence-corrected chi connectivity index (χ3v) is 3.54.